The Balaban J connectivity index is 1.78. The van der Waals surface area contributed by atoms with Crippen molar-refractivity contribution in [1.29, 1.82) is 0 Å². The average Bonchev–Trinajstić information content (AvgIpc) is 2.83. The monoisotopic (exact) mass is 471 g/mol. The van der Waals surface area contributed by atoms with Crippen LogP contribution in [0.2, 0.25) is 0 Å². The lowest BCUT2D eigenvalue weighted by atomic mass is 10.1. The highest BCUT2D eigenvalue weighted by atomic mass is 19.4. The second-order valence-electron chi connectivity index (χ2n) is 7.70. The smallest absolute Gasteiger partial charge is 0.355 e. The molecule has 0 saturated carbocycles. The summed E-state index contributed by atoms with van der Waals surface area (Å²) < 4.78 is 40.4. The number of nitrogens with one attached hydrogen (secondary N) is 2. The van der Waals surface area contributed by atoms with Crippen molar-refractivity contribution in [1.82, 2.24) is 15.2 Å². The van der Waals surface area contributed by atoms with E-state index in [4.69, 9.17) is 0 Å². The zero-order chi connectivity index (χ0) is 24.7. The number of alkyl halides is 3. The predicted octanol–water partition coefficient (Wildman–Crippen LogP) is 3.79. The van der Waals surface area contributed by atoms with Crippen LogP contribution in [0.4, 0.5) is 13.2 Å². The van der Waals surface area contributed by atoms with E-state index in [-0.39, 0.29) is 23.2 Å². The maximum Gasteiger partial charge on any atom is 0.416 e. The fourth-order valence-corrected chi connectivity index (χ4v) is 3.46. The molecule has 0 saturated heterocycles. The van der Waals surface area contributed by atoms with Gasteiger partial charge in [0.15, 0.2) is 0 Å². The Kier molecular flexibility index (Phi) is 7.88. The van der Waals surface area contributed by atoms with Crippen molar-refractivity contribution in [3.05, 3.63) is 105 Å². The molecule has 0 atom stereocenters. The van der Waals surface area contributed by atoms with Crippen molar-refractivity contribution in [2.24, 2.45) is 0 Å². The van der Waals surface area contributed by atoms with E-state index in [0.717, 1.165) is 24.1 Å². The summed E-state index contributed by atoms with van der Waals surface area (Å²) in [5, 5.41) is 4.86. The van der Waals surface area contributed by atoms with Crippen LogP contribution in [0.25, 0.3) is 0 Å². The predicted molar refractivity (Wildman–Crippen MR) is 121 cm³/mol. The quantitative estimate of drug-likeness (QED) is 0.525. The molecule has 2 aromatic carbocycles. The van der Waals surface area contributed by atoms with Gasteiger partial charge < -0.3 is 15.2 Å². The lowest BCUT2D eigenvalue weighted by Crippen LogP contribution is -2.34. The van der Waals surface area contributed by atoms with E-state index >= 15 is 0 Å². The van der Waals surface area contributed by atoms with E-state index < -0.39 is 29.0 Å². The maximum atomic E-state index is 12.9. The van der Waals surface area contributed by atoms with Crippen molar-refractivity contribution in [3.8, 4) is 0 Å². The highest BCUT2D eigenvalue weighted by Gasteiger charge is 2.30. The zero-order valence-electron chi connectivity index (χ0n) is 18.5. The fourth-order valence-electron chi connectivity index (χ4n) is 3.46. The molecular weight excluding hydrogens is 447 g/mol. The van der Waals surface area contributed by atoms with Crippen LogP contribution < -0.4 is 16.1 Å². The molecule has 6 nitrogen and oxygen atoms in total. The maximum absolute atomic E-state index is 12.9. The Morgan fingerprint density at radius 2 is 1.56 bits per heavy atom. The summed E-state index contributed by atoms with van der Waals surface area (Å²) in [5.74, 6) is -1.40. The summed E-state index contributed by atoms with van der Waals surface area (Å²) in [6.07, 6.45) is -0.281. The third kappa shape index (κ3) is 6.34. The summed E-state index contributed by atoms with van der Waals surface area (Å²) in [6.45, 7) is 0.244. The number of hydrogen-bond donors (Lipinski definition) is 2. The minimum Gasteiger partial charge on any atom is -0.355 e. The number of pyridine rings is 1. The summed E-state index contributed by atoms with van der Waals surface area (Å²) in [7, 11) is 1.38. The Morgan fingerprint density at radius 1 is 0.912 bits per heavy atom. The molecule has 3 aromatic rings. The van der Waals surface area contributed by atoms with Crippen LogP contribution in [0.5, 0.6) is 0 Å². The van der Waals surface area contributed by atoms with Gasteiger partial charge in [-0.15, -0.1) is 0 Å². The minimum atomic E-state index is -4.50. The number of rotatable bonds is 8. The largest absolute Gasteiger partial charge is 0.416 e. The second-order valence-corrected chi connectivity index (χ2v) is 7.70. The molecule has 2 amide bonds. The molecule has 0 aliphatic carbocycles. The van der Waals surface area contributed by atoms with Crippen LogP contribution in [0.15, 0.2) is 71.8 Å². The van der Waals surface area contributed by atoms with Crippen molar-refractivity contribution in [2.45, 2.75) is 32.1 Å². The highest BCUT2D eigenvalue weighted by Crippen LogP contribution is 2.29. The SMILES string of the molecule is CNC(=O)c1cn(CCCc2ccccc2)cc(C(=O)NCc2cccc(C(F)(F)F)c2)c1=O. The van der Waals surface area contributed by atoms with E-state index in [1.165, 1.54) is 31.6 Å². The van der Waals surface area contributed by atoms with Gasteiger partial charge >= 0.3 is 6.18 Å². The van der Waals surface area contributed by atoms with Gasteiger partial charge in [-0.3, -0.25) is 14.4 Å². The first-order valence-electron chi connectivity index (χ1n) is 10.6. The van der Waals surface area contributed by atoms with Gasteiger partial charge in [0.25, 0.3) is 11.8 Å². The fraction of sp³-hybridized carbons (Fsp3) is 0.240. The Hall–Kier alpha value is -3.88. The van der Waals surface area contributed by atoms with E-state index in [1.54, 1.807) is 4.57 Å². The summed E-state index contributed by atoms with van der Waals surface area (Å²) >= 11 is 0. The molecule has 0 unspecified atom stereocenters. The number of amides is 2. The Bertz CT molecular complexity index is 1220. The molecule has 0 radical (unpaired) electrons. The van der Waals surface area contributed by atoms with Gasteiger partial charge in [-0.05, 0) is 36.1 Å². The van der Waals surface area contributed by atoms with Crippen LogP contribution in [-0.4, -0.2) is 23.4 Å². The number of benzene rings is 2. The first kappa shape index (κ1) is 24.8. The lowest BCUT2D eigenvalue weighted by molar-refractivity contribution is -0.137. The number of aryl methyl sites for hydroxylation is 2. The van der Waals surface area contributed by atoms with Gasteiger partial charge in [0.05, 0.1) is 5.56 Å². The second kappa shape index (κ2) is 10.8. The molecule has 0 bridgehead atoms. The molecular formula is C25H24F3N3O3. The third-order valence-corrected chi connectivity index (χ3v) is 5.23. The zero-order valence-corrected chi connectivity index (χ0v) is 18.5. The molecule has 0 spiro atoms. The van der Waals surface area contributed by atoms with E-state index in [0.29, 0.717) is 13.0 Å². The van der Waals surface area contributed by atoms with Gasteiger partial charge in [-0.2, -0.15) is 13.2 Å². The van der Waals surface area contributed by atoms with Crippen molar-refractivity contribution in [3.63, 3.8) is 0 Å². The van der Waals surface area contributed by atoms with Crippen molar-refractivity contribution >= 4 is 11.8 Å². The average molecular weight is 471 g/mol. The van der Waals surface area contributed by atoms with Crippen LogP contribution in [0.3, 0.4) is 0 Å². The Labute approximate surface area is 194 Å². The first-order chi connectivity index (χ1) is 16.2. The number of carbonyl (C=O) groups is 2. The normalized spacial score (nSPS) is 11.2. The number of nitrogens with zero attached hydrogens (tertiary/aromatic N) is 1. The molecule has 0 aliphatic rings. The molecule has 1 aromatic heterocycles. The molecule has 3 rings (SSSR count). The molecule has 1 heterocycles. The standard InChI is InChI=1S/C25H24F3N3O3/c1-29-23(33)20-15-31(12-6-10-17-7-3-2-4-8-17)16-21(22(20)32)24(34)30-14-18-9-5-11-19(13-18)25(26,27)28/h2-5,7-9,11,13,15-16H,6,10,12,14H2,1H3,(H,29,33)(H,30,34). The van der Waals surface area contributed by atoms with Gasteiger partial charge in [0.1, 0.15) is 11.1 Å². The van der Waals surface area contributed by atoms with Crippen LogP contribution in [-0.2, 0) is 25.7 Å². The molecule has 178 valence electrons. The first-order valence-corrected chi connectivity index (χ1v) is 10.6. The third-order valence-electron chi connectivity index (χ3n) is 5.23. The number of carbonyl (C=O) groups excluding carboxylic acids is 2. The summed E-state index contributed by atoms with van der Waals surface area (Å²) in [6, 6.07) is 14.3. The molecule has 0 aliphatic heterocycles. The van der Waals surface area contributed by atoms with Gasteiger partial charge in [-0.25, -0.2) is 0 Å². The van der Waals surface area contributed by atoms with Crippen molar-refractivity contribution < 1.29 is 22.8 Å². The lowest BCUT2D eigenvalue weighted by Gasteiger charge is -2.13. The van der Waals surface area contributed by atoms with Gasteiger partial charge in [0, 0.05) is 32.5 Å². The van der Waals surface area contributed by atoms with Gasteiger partial charge in [-0.1, -0.05) is 42.5 Å². The molecule has 2 N–H and O–H groups in total. The Morgan fingerprint density at radius 3 is 2.21 bits per heavy atom. The summed E-state index contributed by atoms with van der Waals surface area (Å²) in [5.41, 5.74) is -0.661. The topological polar surface area (TPSA) is 80.2 Å². The number of halogens is 3. The number of hydrogen-bond acceptors (Lipinski definition) is 3. The van der Waals surface area contributed by atoms with E-state index in [9.17, 15) is 27.6 Å². The van der Waals surface area contributed by atoms with E-state index in [2.05, 4.69) is 10.6 Å². The highest BCUT2D eigenvalue weighted by molar-refractivity contribution is 5.99. The number of aromatic nitrogens is 1. The van der Waals surface area contributed by atoms with Crippen LogP contribution in [0, 0.1) is 0 Å². The van der Waals surface area contributed by atoms with Crippen LogP contribution in [0.1, 0.15) is 43.8 Å². The van der Waals surface area contributed by atoms with E-state index in [1.807, 2.05) is 30.3 Å². The minimum absolute atomic E-state index is 0.186. The molecule has 34 heavy (non-hydrogen) atoms. The summed E-state index contributed by atoms with van der Waals surface area (Å²) in [4.78, 5) is 37.7. The van der Waals surface area contributed by atoms with Gasteiger partial charge in [0.2, 0.25) is 5.43 Å². The molecule has 0 fully saturated rings. The van der Waals surface area contributed by atoms with Crippen LogP contribution >= 0.6 is 0 Å². The molecule has 9 heteroatoms. The van der Waals surface area contributed by atoms with Crippen molar-refractivity contribution in [2.75, 3.05) is 7.05 Å².